The van der Waals surface area contributed by atoms with E-state index in [1.165, 1.54) is 18.2 Å². The Balaban J connectivity index is 1.18. The summed E-state index contributed by atoms with van der Waals surface area (Å²) >= 11 is 1.54. The van der Waals surface area contributed by atoms with Gasteiger partial charge in [0.05, 0.1) is 32.0 Å². The Hall–Kier alpha value is -4.45. The highest BCUT2D eigenvalue weighted by Crippen LogP contribution is 2.32. The number of carbonyl (C=O) groups excluding carboxylic acids is 6. The first-order chi connectivity index (χ1) is 18.2. The van der Waals surface area contributed by atoms with E-state index in [-0.39, 0.29) is 48.9 Å². The number of fused-ring (bicyclic) bond motifs is 2. The van der Waals surface area contributed by atoms with Crippen molar-refractivity contribution in [3.05, 3.63) is 52.5 Å². The average Bonchev–Trinajstić information content (AvgIpc) is 3.35. The number of benzene rings is 2. The van der Waals surface area contributed by atoms with Gasteiger partial charge in [0, 0.05) is 25.3 Å². The second-order valence-corrected chi connectivity index (χ2v) is 10.1. The van der Waals surface area contributed by atoms with Crippen LogP contribution in [0.5, 0.6) is 5.75 Å². The van der Waals surface area contributed by atoms with Crippen molar-refractivity contribution < 1.29 is 33.5 Å². The fourth-order valence-corrected chi connectivity index (χ4v) is 5.30. The molecule has 12 heteroatoms. The number of aromatic nitrogens is 1. The maximum absolute atomic E-state index is 13.1. The summed E-state index contributed by atoms with van der Waals surface area (Å²) in [5.41, 5.74) is 0.933. The highest BCUT2D eigenvalue weighted by Gasteiger charge is 2.45. The van der Waals surface area contributed by atoms with Crippen molar-refractivity contribution in [2.45, 2.75) is 45.1 Å². The second kappa shape index (κ2) is 10.1. The van der Waals surface area contributed by atoms with Crippen molar-refractivity contribution in [3.8, 4) is 5.75 Å². The predicted molar refractivity (Wildman–Crippen MR) is 136 cm³/mol. The Morgan fingerprint density at radius 1 is 1.13 bits per heavy atom. The molecule has 1 saturated heterocycles. The van der Waals surface area contributed by atoms with E-state index in [0.717, 1.165) is 20.1 Å². The highest BCUT2D eigenvalue weighted by molar-refractivity contribution is 7.18. The van der Waals surface area contributed by atoms with Crippen molar-refractivity contribution in [1.82, 2.24) is 15.2 Å². The van der Waals surface area contributed by atoms with Crippen LogP contribution in [0.4, 0.5) is 5.69 Å². The molecule has 2 aromatic carbocycles. The summed E-state index contributed by atoms with van der Waals surface area (Å²) in [7, 11) is 0. The summed E-state index contributed by atoms with van der Waals surface area (Å²) < 4.78 is 6.35. The first-order valence-corrected chi connectivity index (χ1v) is 12.7. The highest BCUT2D eigenvalue weighted by atomic mass is 32.1. The Morgan fingerprint density at radius 3 is 2.74 bits per heavy atom. The minimum Gasteiger partial charge on any atom is -0.426 e. The lowest BCUT2D eigenvalue weighted by Gasteiger charge is -2.27. The molecule has 1 aromatic heterocycles. The van der Waals surface area contributed by atoms with Gasteiger partial charge in [-0.25, -0.2) is 4.98 Å². The van der Waals surface area contributed by atoms with E-state index in [0.29, 0.717) is 5.75 Å². The number of nitrogens with zero attached hydrogens (tertiary/aromatic N) is 2. The van der Waals surface area contributed by atoms with E-state index in [4.69, 9.17) is 4.74 Å². The molecule has 11 nitrogen and oxygen atoms in total. The standard InChI is InChI=1S/C26H22N4O7S/c1-13-27-17-12-14(8-10-19(17)38-13)37-22(33)7-3-6-20(31)28-16-5-2-4-15-23(16)26(36)30(25(15)35)18-9-11-21(32)29-24(18)34/h2,4-5,8,10,12,18H,3,6-7,9,11H2,1H3,(H,28,31)(H,29,32,34). The van der Waals surface area contributed by atoms with E-state index in [2.05, 4.69) is 15.6 Å². The van der Waals surface area contributed by atoms with Gasteiger partial charge in [-0.05, 0) is 44.0 Å². The van der Waals surface area contributed by atoms with Gasteiger partial charge in [0.1, 0.15) is 11.8 Å². The first kappa shape index (κ1) is 25.2. The Bertz CT molecular complexity index is 1530. The van der Waals surface area contributed by atoms with Crippen LogP contribution in [0.1, 0.15) is 57.8 Å². The molecule has 2 N–H and O–H groups in total. The smallest absolute Gasteiger partial charge is 0.311 e. The van der Waals surface area contributed by atoms with Gasteiger partial charge in [-0.1, -0.05) is 6.07 Å². The molecule has 3 aromatic rings. The van der Waals surface area contributed by atoms with Crippen LogP contribution in [0.15, 0.2) is 36.4 Å². The second-order valence-electron chi connectivity index (χ2n) is 8.91. The number of ether oxygens (including phenoxy) is 1. The largest absolute Gasteiger partial charge is 0.426 e. The molecule has 5 rings (SSSR count). The van der Waals surface area contributed by atoms with Crippen LogP contribution in [0.25, 0.3) is 10.2 Å². The number of amides is 5. The summed E-state index contributed by atoms with van der Waals surface area (Å²) in [5.74, 6) is -3.13. The quantitative estimate of drug-likeness (QED) is 0.267. The zero-order valence-electron chi connectivity index (χ0n) is 20.2. The molecule has 3 heterocycles. The van der Waals surface area contributed by atoms with Crippen molar-refractivity contribution in [2.75, 3.05) is 5.32 Å². The molecular weight excluding hydrogens is 512 g/mol. The molecule has 194 valence electrons. The van der Waals surface area contributed by atoms with Gasteiger partial charge in [-0.15, -0.1) is 11.3 Å². The summed E-state index contributed by atoms with van der Waals surface area (Å²) in [4.78, 5) is 79.8. The summed E-state index contributed by atoms with van der Waals surface area (Å²) in [6.45, 7) is 1.90. The molecule has 2 aliphatic heterocycles. The maximum Gasteiger partial charge on any atom is 0.311 e. The molecule has 1 atom stereocenters. The van der Waals surface area contributed by atoms with Crippen LogP contribution in [-0.4, -0.2) is 51.4 Å². The van der Waals surface area contributed by atoms with Crippen molar-refractivity contribution in [1.29, 1.82) is 0 Å². The number of esters is 1. The number of anilines is 1. The molecule has 0 bridgehead atoms. The topological polar surface area (TPSA) is 152 Å². The molecular formula is C26H22N4O7S. The summed E-state index contributed by atoms with van der Waals surface area (Å²) in [5, 5.41) is 5.68. The van der Waals surface area contributed by atoms with Gasteiger partial charge >= 0.3 is 5.97 Å². The van der Waals surface area contributed by atoms with Crippen molar-refractivity contribution >= 4 is 62.7 Å². The van der Waals surface area contributed by atoms with Gasteiger partial charge in [0.2, 0.25) is 17.7 Å². The Labute approximate surface area is 220 Å². The van der Waals surface area contributed by atoms with Gasteiger partial charge in [-0.3, -0.25) is 39.0 Å². The van der Waals surface area contributed by atoms with E-state index >= 15 is 0 Å². The zero-order valence-corrected chi connectivity index (χ0v) is 21.1. The third-order valence-electron chi connectivity index (χ3n) is 6.22. The fourth-order valence-electron chi connectivity index (χ4n) is 4.49. The third-order valence-corrected chi connectivity index (χ3v) is 7.18. The van der Waals surface area contributed by atoms with Crippen molar-refractivity contribution in [3.63, 3.8) is 0 Å². The molecule has 2 aliphatic rings. The molecule has 0 saturated carbocycles. The number of carbonyl (C=O) groups is 6. The van der Waals surface area contributed by atoms with Crippen molar-refractivity contribution in [2.24, 2.45) is 0 Å². The lowest BCUT2D eigenvalue weighted by Crippen LogP contribution is -2.54. The summed E-state index contributed by atoms with van der Waals surface area (Å²) in [6.07, 6.45) is 0.213. The van der Waals surface area contributed by atoms with Crippen LogP contribution >= 0.6 is 11.3 Å². The monoisotopic (exact) mass is 534 g/mol. The predicted octanol–water partition coefficient (Wildman–Crippen LogP) is 2.72. The zero-order chi connectivity index (χ0) is 27.0. The van der Waals surface area contributed by atoms with Crippen LogP contribution in [0.2, 0.25) is 0 Å². The van der Waals surface area contributed by atoms with E-state index in [1.54, 1.807) is 23.5 Å². The SMILES string of the molecule is Cc1nc2cc(OC(=O)CCCC(=O)Nc3cccc4c3C(=O)N(C3CCC(=O)NC3=O)C4=O)ccc2s1. The first-order valence-electron chi connectivity index (χ1n) is 11.9. The molecule has 0 aliphatic carbocycles. The number of thiazole rings is 1. The van der Waals surface area contributed by atoms with Crippen LogP contribution in [0.3, 0.4) is 0 Å². The number of piperidine rings is 1. The average molecular weight is 535 g/mol. The van der Waals surface area contributed by atoms with E-state index in [9.17, 15) is 28.8 Å². The molecule has 1 unspecified atom stereocenters. The van der Waals surface area contributed by atoms with Crippen LogP contribution in [-0.2, 0) is 19.2 Å². The minimum atomic E-state index is -1.10. The molecule has 38 heavy (non-hydrogen) atoms. The minimum absolute atomic E-state index is 0.00481. The molecule has 0 radical (unpaired) electrons. The number of aryl methyl sites for hydroxylation is 1. The third kappa shape index (κ3) is 4.90. The van der Waals surface area contributed by atoms with Crippen LogP contribution < -0.4 is 15.4 Å². The maximum atomic E-state index is 13.1. The number of rotatable bonds is 7. The number of imide groups is 2. The molecule has 5 amide bonds. The molecule has 1 fully saturated rings. The summed E-state index contributed by atoms with van der Waals surface area (Å²) in [6, 6.07) is 8.56. The normalized spacial score (nSPS) is 17.0. The van der Waals surface area contributed by atoms with Gasteiger partial charge in [-0.2, -0.15) is 0 Å². The Kier molecular flexibility index (Phi) is 6.72. The van der Waals surface area contributed by atoms with Gasteiger partial charge in [0.25, 0.3) is 11.8 Å². The lowest BCUT2D eigenvalue weighted by atomic mass is 10.0. The number of hydrogen-bond donors (Lipinski definition) is 2. The van der Waals surface area contributed by atoms with Crippen LogP contribution in [0, 0.1) is 6.92 Å². The van der Waals surface area contributed by atoms with Gasteiger partial charge < -0.3 is 10.1 Å². The molecule has 0 spiro atoms. The van der Waals surface area contributed by atoms with E-state index in [1.807, 2.05) is 13.0 Å². The number of hydrogen-bond acceptors (Lipinski definition) is 9. The fraction of sp³-hybridized carbons (Fsp3) is 0.269. The van der Waals surface area contributed by atoms with E-state index < -0.39 is 41.5 Å². The number of nitrogens with one attached hydrogen (secondary N) is 2. The lowest BCUT2D eigenvalue weighted by molar-refractivity contribution is -0.137. The van der Waals surface area contributed by atoms with Gasteiger partial charge in [0.15, 0.2) is 0 Å². The Morgan fingerprint density at radius 2 is 1.95 bits per heavy atom.